The fourth-order valence-corrected chi connectivity index (χ4v) is 4.08. The predicted octanol–water partition coefficient (Wildman–Crippen LogP) is 0.890. The Hall–Kier alpha value is -3.20. The predicted molar refractivity (Wildman–Crippen MR) is 122 cm³/mol. The van der Waals surface area contributed by atoms with Gasteiger partial charge in [0.1, 0.15) is 0 Å². The largest absolute Gasteiger partial charge is 0.356 e. The summed E-state index contributed by atoms with van der Waals surface area (Å²) in [4.78, 5) is 29.7. The molecule has 0 aliphatic carbocycles. The van der Waals surface area contributed by atoms with Crippen molar-refractivity contribution in [1.29, 1.82) is 0 Å². The Morgan fingerprint density at radius 2 is 1.90 bits per heavy atom. The van der Waals surface area contributed by atoms with E-state index in [2.05, 4.69) is 46.8 Å². The number of aromatic nitrogens is 2. The van der Waals surface area contributed by atoms with Crippen LogP contribution in [0.25, 0.3) is 0 Å². The van der Waals surface area contributed by atoms with Crippen LogP contribution in [-0.2, 0) is 4.79 Å². The van der Waals surface area contributed by atoms with Crippen LogP contribution in [0.2, 0.25) is 0 Å². The maximum atomic E-state index is 12.0. The second-order valence-corrected chi connectivity index (χ2v) is 7.79. The minimum atomic E-state index is 0.0634. The maximum Gasteiger partial charge on any atom is 0.225 e. The first-order chi connectivity index (χ1) is 15.2. The Balaban J connectivity index is 1.19. The Bertz CT molecular complexity index is 895. The third kappa shape index (κ3) is 5.49. The molecule has 0 radical (unpaired) electrons. The van der Waals surface area contributed by atoms with Crippen LogP contribution in [0.4, 0.5) is 11.6 Å². The molecule has 0 bridgehead atoms. The average Bonchev–Trinajstić information content (AvgIpc) is 2.82. The SMILES string of the molecule is CN=C(NCCN1CCN(c2ncccn2)CC1)NCC1CC(=O)Nc2ccccc21. The van der Waals surface area contributed by atoms with Gasteiger partial charge in [-0.2, -0.15) is 0 Å². The van der Waals surface area contributed by atoms with Gasteiger partial charge in [-0.05, 0) is 17.7 Å². The zero-order chi connectivity index (χ0) is 21.5. The number of hydrogen-bond acceptors (Lipinski definition) is 6. The standard InChI is InChI=1S/C22H30N8O/c1-23-21(27-16-17-15-20(31)28-19-6-3-2-5-18(17)19)24-9-10-29-11-13-30(14-12-29)22-25-7-4-8-26-22/h2-8,17H,9-16H2,1H3,(H,28,31)(H2,23,24,27). The Labute approximate surface area is 183 Å². The molecule has 1 atom stereocenters. The number of guanidine groups is 1. The number of anilines is 2. The van der Waals surface area contributed by atoms with E-state index in [-0.39, 0.29) is 11.8 Å². The van der Waals surface area contributed by atoms with Crippen LogP contribution < -0.4 is 20.9 Å². The summed E-state index contributed by atoms with van der Waals surface area (Å²) in [6.07, 6.45) is 4.06. The number of aliphatic imine (C=N–C) groups is 1. The van der Waals surface area contributed by atoms with Gasteiger partial charge >= 0.3 is 0 Å². The highest BCUT2D eigenvalue weighted by Crippen LogP contribution is 2.31. The van der Waals surface area contributed by atoms with Gasteiger partial charge in [0.15, 0.2) is 5.96 Å². The van der Waals surface area contributed by atoms with E-state index < -0.39 is 0 Å². The molecule has 2 aromatic rings. The van der Waals surface area contributed by atoms with E-state index in [9.17, 15) is 4.79 Å². The lowest BCUT2D eigenvalue weighted by molar-refractivity contribution is -0.116. The number of piperazine rings is 1. The van der Waals surface area contributed by atoms with E-state index in [1.165, 1.54) is 5.56 Å². The molecule has 1 saturated heterocycles. The van der Waals surface area contributed by atoms with Gasteiger partial charge in [0.25, 0.3) is 0 Å². The van der Waals surface area contributed by atoms with Crippen molar-refractivity contribution in [2.75, 3.05) is 63.1 Å². The summed E-state index contributed by atoms with van der Waals surface area (Å²) >= 11 is 0. The van der Waals surface area contributed by atoms with E-state index in [1.807, 2.05) is 24.3 Å². The molecule has 1 unspecified atom stereocenters. The molecule has 9 heteroatoms. The summed E-state index contributed by atoms with van der Waals surface area (Å²) in [6.45, 7) is 6.25. The number of nitrogens with zero attached hydrogens (tertiary/aromatic N) is 5. The molecule has 9 nitrogen and oxygen atoms in total. The van der Waals surface area contributed by atoms with Crippen LogP contribution in [0, 0.1) is 0 Å². The Morgan fingerprint density at radius 1 is 1.13 bits per heavy atom. The van der Waals surface area contributed by atoms with Crippen molar-refractivity contribution < 1.29 is 4.79 Å². The molecule has 0 spiro atoms. The highest BCUT2D eigenvalue weighted by atomic mass is 16.1. The maximum absolute atomic E-state index is 12.0. The number of carbonyl (C=O) groups excluding carboxylic acids is 1. The summed E-state index contributed by atoms with van der Waals surface area (Å²) in [6, 6.07) is 9.84. The van der Waals surface area contributed by atoms with Gasteiger partial charge in [0.05, 0.1) is 0 Å². The average molecular weight is 423 g/mol. The van der Waals surface area contributed by atoms with Gasteiger partial charge in [0.2, 0.25) is 11.9 Å². The van der Waals surface area contributed by atoms with Crippen molar-refractivity contribution in [2.45, 2.75) is 12.3 Å². The van der Waals surface area contributed by atoms with Crippen LogP contribution in [0.3, 0.4) is 0 Å². The molecule has 31 heavy (non-hydrogen) atoms. The van der Waals surface area contributed by atoms with Gasteiger partial charge in [-0.1, -0.05) is 18.2 Å². The lowest BCUT2D eigenvalue weighted by atomic mass is 9.90. The molecule has 2 aliphatic heterocycles. The first-order valence-corrected chi connectivity index (χ1v) is 10.8. The normalized spacial score (nSPS) is 19.5. The highest BCUT2D eigenvalue weighted by molar-refractivity contribution is 5.94. The van der Waals surface area contributed by atoms with Crippen LogP contribution in [0.5, 0.6) is 0 Å². The van der Waals surface area contributed by atoms with Crippen LogP contribution in [0.1, 0.15) is 17.9 Å². The molecule has 0 saturated carbocycles. The van der Waals surface area contributed by atoms with E-state index >= 15 is 0 Å². The minimum Gasteiger partial charge on any atom is -0.356 e. The van der Waals surface area contributed by atoms with Crippen molar-refractivity contribution in [3.05, 3.63) is 48.3 Å². The van der Waals surface area contributed by atoms with Crippen molar-refractivity contribution in [2.24, 2.45) is 4.99 Å². The van der Waals surface area contributed by atoms with E-state index in [0.717, 1.165) is 56.9 Å². The third-order valence-corrected chi connectivity index (χ3v) is 5.77. The number of fused-ring (bicyclic) bond motifs is 1. The van der Waals surface area contributed by atoms with Gasteiger partial charge < -0.3 is 20.9 Å². The number of amides is 1. The lowest BCUT2D eigenvalue weighted by Crippen LogP contribution is -2.50. The fraction of sp³-hybridized carbons (Fsp3) is 0.455. The summed E-state index contributed by atoms with van der Waals surface area (Å²) in [5, 5.41) is 9.72. The quantitative estimate of drug-likeness (QED) is 0.470. The first-order valence-electron chi connectivity index (χ1n) is 10.8. The Kier molecular flexibility index (Phi) is 6.93. The zero-order valence-electron chi connectivity index (χ0n) is 17.9. The minimum absolute atomic E-state index is 0.0634. The monoisotopic (exact) mass is 422 g/mol. The molecule has 1 fully saturated rings. The Morgan fingerprint density at radius 3 is 2.68 bits per heavy atom. The summed E-state index contributed by atoms with van der Waals surface area (Å²) in [5.41, 5.74) is 2.08. The van der Waals surface area contributed by atoms with E-state index in [4.69, 9.17) is 0 Å². The van der Waals surface area contributed by atoms with Crippen molar-refractivity contribution in [3.63, 3.8) is 0 Å². The molecule has 3 heterocycles. The van der Waals surface area contributed by atoms with Gasteiger partial charge in [-0.25, -0.2) is 9.97 Å². The third-order valence-electron chi connectivity index (χ3n) is 5.77. The van der Waals surface area contributed by atoms with E-state index in [1.54, 1.807) is 19.4 Å². The molecular formula is C22H30N8O. The number of hydrogen-bond donors (Lipinski definition) is 3. The topological polar surface area (TPSA) is 97.8 Å². The zero-order valence-corrected chi connectivity index (χ0v) is 17.9. The van der Waals surface area contributed by atoms with Crippen molar-refractivity contribution >= 4 is 23.5 Å². The second-order valence-electron chi connectivity index (χ2n) is 7.79. The molecule has 2 aliphatic rings. The fourth-order valence-electron chi connectivity index (χ4n) is 4.08. The summed E-state index contributed by atoms with van der Waals surface area (Å²) in [5.74, 6) is 1.77. The molecular weight excluding hydrogens is 392 g/mol. The molecule has 1 aromatic carbocycles. The van der Waals surface area contributed by atoms with Crippen LogP contribution >= 0.6 is 0 Å². The molecule has 164 valence electrons. The number of nitrogens with one attached hydrogen (secondary N) is 3. The molecule has 3 N–H and O–H groups in total. The number of carbonyl (C=O) groups is 1. The highest BCUT2D eigenvalue weighted by Gasteiger charge is 2.25. The van der Waals surface area contributed by atoms with Gasteiger partial charge in [0, 0.05) is 83.3 Å². The number of para-hydroxylation sites is 1. The van der Waals surface area contributed by atoms with Gasteiger partial charge in [-0.15, -0.1) is 0 Å². The van der Waals surface area contributed by atoms with E-state index in [0.29, 0.717) is 13.0 Å². The van der Waals surface area contributed by atoms with Crippen LogP contribution in [0.15, 0.2) is 47.7 Å². The van der Waals surface area contributed by atoms with Crippen molar-refractivity contribution in [1.82, 2.24) is 25.5 Å². The van der Waals surface area contributed by atoms with Crippen LogP contribution in [-0.4, -0.2) is 79.6 Å². The number of rotatable bonds is 6. The molecule has 4 rings (SSSR count). The van der Waals surface area contributed by atoms with Gasteiger partial charge in [-0.3, -0.25) is 14.7 Å². The molecule has 1 aromatic heterocycles. The summed E-state index contributed by atoms with van der Waals surface area (Å²) < 4.78 is 0. The second kappa shape index (κ2) is 10.2. The number of benzene rings is 1. The smallest absolute Gasteiger partial charge is 0.225 e. The lowest BCUT2D eigenvalue weighted by Gasteiger charge is -2.34. The first kappa shape index (κ1) is 21.0. The summed E-state index contributed by atoms with van der Waals surface area (Å²) in [7, 11) is 1.77. The molecule has 1 amide bonds. The van der Waals surface area contributed by atoms with Crippen molar-refractivity contribution in [3.8, 4) is 0 Å².